The zero-order chi connectivity index (χ0) is 16.9. The fraction of sp³-hybridized carbons (Fsp3) is 0.105. The van der Waals surface area contributed by atoms with E-state index < -0.39 is 0 Å². The van der Waals surface area contributed by atoms with E-state index in [1.54, 1.807) is 7.11 Å². The highest BCUT2D eigenvalue weighted by Crippen LogP contribution is 2.34. The van der Waals surface area contributed by atoms with Crippen molar-refractivity contribution in [1.29, 1.82) is 0 Å². The number of nitrogens with one attached hydrogen (secondary N) is 1. The zero-order valence-corrected chi connectivity index (χ0v) is 14.1. The molecule has 24 heavy (non-hydrogen) atoms. The smallest absolute Gasteiger partial charge is 0.255 e. The summed E-state index contributed by atoms with van der Waals surface area (Å²) in [4.78, 5) is 12.6. The minimum Gasteiger partial charge on any atom is -0.497 e. The van der Waals surface area contributed by atoms with Crippen LogP contribution in [-0.2, 0) is 6.54 Å². The molecule has 0 fully saturated rings. The molecule has 0 aliphatic carbocycles. The maximum absolute atomic E-state index is 12.6. The number of amides is 1. The molecule has 0 spiro atoms. The van der Waals surface area contributed by atoms with Crippen molar-refractivity contribution in [2.75, 3.05) is 12.8 Å². The van der Waals surface area contributed by atoms with E-state index in [1.165, 1.54) is 11.3 Å². The van der Waals surface area contributed by atoms with Crippen LogP contribution >= 0.6 is 11.3 Å². The first-order valence-electron chi connectivity index (χ1n) is 7.52. The first kappa shape index (κ1) is 16.1. The van der Waals surface area contributed by atoms with Crippen molar-refractivity contribution in [1.82, 2.24) is 5.32 Å². The highest BCUT2D eigenvalue weighted by molar-refractivity contribution is 7.15. The highest BCUT2D eigenvalue weighted by atomic mass is 32.1. The topological polar surface area (TPSA) is 64.3 Å². The van der Waals surface area contributed by atoms with Crippen LogP contribution in [0, 0.1) is 0 Å². The van der Waals surface area contributed by atoms with Crippen LogP contribution in [0.4, 0.5) is 5.00 Å². The molecular weight excluding hydrogens is 320 g/mol. The molecule has 0 saturated heterocycles. The number of carbonyl (C=O) groups is 1. The van der Waals surface area contributed by atoms with E-state index in [9.17, 15) is 4.79 Å². The van der Waals surface area contributed by atoms with Gasteiger partial charge in [-0.15, -0.1) is 11.3 Å². The zero-order valence-electron chi connectivity index (χ0n) is 13.3. The quantitative estimate of drug-likeness (QED) is 0.741. The number of nitrogens with two attached hydrogens (primary N) is 1. The van der Waals surface area contributed by atoms with Gasteiger partial charge < -0.3 is 15.8 Å². The maximum atomic E-state index is 12.6. The molecule has 3 aromatic rings. The third kappa shape index (κ3) is 3.41. The van der Waals surface area contributed by atoms with Crippen molar-refractivity contribution < 1.29 is 9.53 Å². The van der Waals surface area contributed by atoms with Crippen LogP contribution < -0.4 is 15.8 Å². The molecule has 1 aromatic heterocycles. The third-order valence-corrected chi connectivity index (χ3v) is 4.56. The van der Waals surface area contributed by atoms with Crippen LogP contribution in [0.15, 0.2) is 60.0 Å². The van der Waals surface area contributed by atoms with Crippen LogP contribution in [0.5, 0.6) is 5.75 Å². The lowest BCUT2D eigenvalue weighted by Crippen LogP contribution is -2.23. The monoisotopic (exact) mass is 338 g/mol. The lowest BCUT2D eigenvalue weighted by atomic mass is 10.0. The molecule has 0 aliphatic rings. The Morgan fingerprint density at radius 2 is 1.83 bits per heavy atom. The summed E-state index contributed by atoms with van der Waals surface area (Å²) in [5, 5.41) is 5.37. The lowest BCUT2D eigenvalue weighted by molar-refractivity contribution is 0.0953. The first-order chi connectivity index (χ1) is 11.7. The molecule has 0 bridgehead atoms. The SMILES string of the molecule is COc1ccc(-c2csc(N)c2C(=O)NCc2ccccc2)cc1. The average Bonchev–Trinajstić information content (AvgIpc) is 3.02. The Bertz CT molecular complexity index is 826. The molecule has 3 N–H and O–H groups in total. The molecule has 122 valence electrons. The number of benzene rings is 2. The molecule has 4 nitrogen and oxygen atoms in total. The summed E-state index contributed by atoms with van der Waals surface area (Å²) in [5.74, 6) is 0.612. The van der Waals surface area contributed by atoms with Crippen molar-refractivity contribution in [2.45, 2.75) is 6.54 Å². The minimum absolute atomic E-state index is 0.163. The van der Waals surface area contributed by atoms with Crippen LogP contribution in [0.3, 0.4) is 0 Å². The minimum atomic E-state index is -0.163. The Morgan fingerprint density at radius 1 is 1.12 bits per heavy atom. The summed E-state index contributed by atoms with van der Waals surface area (Å²) < 4.78 is 5.17. The fourth-order valence-electron chi connectivity index (χ4n) is 2.46. The number of hydrogen-bond acceptors (Lipinski definition) is 4. The third-order valence-electron chi connectivity index (χ3n) is 3.74. The van der Waals surface area contributed by atoms with Crippen molar-refractivity contribution in [2.24, 2.45) is 0 Å². The number of methoxy groups -OCH3 is 1. The van der Waals surface area contributed by atoms with Gasteiger partial charge in [0.15, 0.2) is 0 Å². The van der Waals surface area contributed by atoms with Gasteiger partial charge in [-0.2, -0.15) is 0 Å². The molecule has 0 saturated carbocycles. The van der Waals surface area contributed by atoms with Gasteiger partial charge in [0.25, 0.3) is 5.91 Å². The van der Waals surface area contributed by atoms with Crippen molar-refractivity contribution in [3.05, 3.63) is 71.1 Å². The molecule has 0 unspecified atom stereocenters. The van der Waals surface area contributed by atoms with E-state index in [-0.39, 0.29) is 5.91 Å². The molecule has 2 aromatic carbocycles. The molecule has 0 atom stereocenters. The summed E-state index contributed by atoms with van der Waals surface area (Å²) in [6, 6.07) is 17.4. The van der Waals surface area contributed by atoms with Crippen molar-refractivity contribution in [3.63, 3.8) is 0 Å². The van der Waals surface area contributed by atoms with Gasteiger partial charge in [0.1, 0.15) is 5.75 Å². The summed E-state index contributed by atoms with van der Waals surface area (Å²) in [5.41, 5.74) is 9.39. The fourth-order valence-corrected chi connectivity index (χ4v) is 3.28. The number of hydrogen-bond donors (Lipinski definition) is 2. The number of anilines is 1. The highest BCUT2D eigenvalue weighted by Gasteiger charge is 2.18. The van der Waals surface area contributed by atoms with Gasteiger partial charge in [0, 0.05) is 17.5 Å². The molecule has 1 amide bonds. The Kier molecular flexibility index (Phi) is 4.82. The van der Waals surface area contributed by atoms with E-state index in [0.29, 0.717) is 17.1 Å². The number of thiophene rings is 1. The Morgan fingerprint density at radius 3 is 2.50 bits per heavy atom. The Hall–Kier alpha value is -2.79. The summed E-state index contributed by atoms with van der Waals surface area (Å²) >= 11 is 1.37. The van der Waals surface area contributed by atoms with Crippen LogP contribution in [0.2, 0.25) is 0 Å². The number of carbonyl (C=O) groups excluding carboxylic acids is 1. The van der Waals surface area contributed by atoms with E-state index in [1.807, 2.05) is 60.0 Å². The van der Waals surface area contributed by atoms with Gasteiger partial charge in [0.2, 0.25) is 0 Å². The average molecular weight is 338 g/mol. The predicted molar refractivity (Wildman–Crippen MR) is 98.3 cm³/mol. The number of rotatable bonds is 5. The number of ether oxygens (including phenoxy) is 1. The van der Waals surface area contributed by atoms with E-state index in [2.05, 4.69) is 5.32 Å². The first-order valence-corrected chi connectivity index (χ1v) is 8.40. The second kappa shape index (κ2) is 7.19. The van der Waals surface area contributed by atoms with E-state index >= 15 is 0 Å². The molecule has 3 rings (SSSR count). The largest absolute Gasteiger partial charge is 0.497 e. The van der Waals surface area contributed by atoms with Gasteiger partial charge in [-0.3, -0.25) is 4.79 Å². The van der Waals surface area contributed by atoms with Crippen LogP contribution in [-0.4, -0.2) is 13.0 Å². The van der Waals surface area contributed by atoms with E-state index in [4.69, 9.17) is 10.5 Å². The lowest BCUT2D eigenvalue weighted by Gasteiger charge is -2.08. The van der Waals surface area contributed by atoms with Crippen LogP contribution in [0.1, 0.15) is 15.9 Å². The summed E-state index contributed by atoms with van der Waals surface area (Å²) in [6.07, 6.45) is 0. The predicted octanol–water partition coefficient (Wildman–Crippen LogP) is 3.94. The molecule has 0 radical (unpaired) electrons. The van der Waals surface area contributed by atoms with Gasteiger partial charge >= 0.3 is 0 Å². The van der Waals surface area contributed by atoms with Gasteiger partial charge in [0.05, 0.1) is 17.7 Å². The molecule has 1 heterocycles. The standard InChI is InChI=1S/C19H18N2O2S/c1-23-15-9-7-14(8-10-15)16-12-24-18(20)17(16)19(22)21-11-13-5-3-2-4-6-13/h2-10,12H,11,20H2,1H3,(H,21,22). The normalized spacial score (nSPS) is 10.4. The Balaban J connectivity index is 1.82. The van der Waals surface area contributed by atoms with Gasteiger partial charge in [-0.05, 0) is 23.3 Å². The van der Waals surface area contributed by atoms with Crippen molar-refractivity contribution >= 4 is 22.2 Å². The molecular formula is C19H18N2O2S. The molecule has 5 heteroatoms. The van der Waals surface area contributed by atoms with Crippen molar-refractivity contribution in [3.8, 4) is 16.9 Å². The number of nitrogen functional groups attached to an aromatic ring is 1. The second-order valence-electron chi connectivity index (χ2n) is 5.29. The van der Waals surface area contributed by atoms with Gasteiger partial charge in [-0.1, -0.05) is 42.5 Å². The maximum Gasteiger partial charge on any atom is 0.255 e. The molecule has 0 aliphatic heterocycles. The van der Waals surface area contributed by atoms with Crippen LogP contribution in [0.25, 0.3) is 11.1 Å². The second-order valence-corrected chi connectivity index (χ2v) is 6.20. The van der Waals surface area contributed by atoms with Gasteiger partial charge in [-0.25, -0.2) is 0 Å². The summed E-state index contributed by atoms with van der Waals surface area (Å²) in [7, 11) is 1.63. The van der Waals surface area contributed by atoms with E-state index in [0.717, 1.165) is 22.4 Å². The Labute approximate surface area is 144 Å². The summed E-state index contributed by atoms with van der Waals surface area (Å²) in [6.45, 7) is 0.469.